The van der Waals surface area contributed by atoms with Crippen molar-refractivity contribution in [2.24, 2.45) is 0 Å². The van der Waals surface area contributed by atoms with Crippen molar-refractivity contribution in [2.45, 2.75) is 26.2 Å². The van der Waals surface area contributed by atoms with Gasteiger partial charge in [0, 0.05) is 18.1 Å². The summed E-state index contributed by atoms with van der Waals surface area (Å²) in [7, 11) is 0. The van der Waals surface area contributed by atoms with Crippen LogP contribution in [0, 0.1) is 0 Å². The molecule has 2 rings (SSSR count). The molecule has 0 aliphatic carbocycles. The van der Waals surface area contributed by atoms with Crippen molar-refractivity contribution in [1.29, 1.82) is 0 Å². The van der Waals surface area contributed by atoms with Crippen LogP contribution < -0.4 is 5.32 Å². The van der Waals surface area contributed by atoms with Gasteiger partial charge in [0.15, 0.2) is 10.9 Å². The molecule has 0 saturated heterocycles. The first kappa shape index (κ1) is 16.2. The van der Waals surface area contributed by atoms with Crippen molar-refractivity contribution >= 4 is 28.3 Å². The van der Waals surface area contributed by atoms with Crippen molar-refractivity contribution in [1.82, 2.24) is 9.88 Å². The smallest absolute Gasteiger partial charge is 0.290 e. The number of carbonyl (C=O) groups excluding carboxylic acids is 2. The number of thiazole rings is 1. The van der Waals surface area contributed by atoms with Crippen LogP contribution in [0.15, 0.2) is 34.4 Å². The van der Waals surface area contributed by atoms with Gasteiger partial charge in [-0.05, 0) is 18.6 Å². The topological polar surface area (TPSA) is 75.4 Å². The Morgan fingerprint density at radius 2 is 2.27 bits per heavy atom. The summed E-state index contributed by atoms with van der Waals surface area (Å²) in [4.78, 5) is 29.9. The van der Waals surface area contributed by atoms with Crippen LogP contribution in [0.2, 0.25) is 0 Å². The molecule has 1 N–H and O–H groups in total. The number of nitrogens with zero attached hydrogens (tertiary/aromatic N) is 2. The summed E-state index contributed by atoms with van der Waals surface area (Å²) in [5, 5.41) is 5.00. The highest BCUT2D eigenvalue weighted by Gasteiger charge is 2.20. The number of unbranched alkanes of at least 4 members (excludes halogenated alkanes) is 2. The number of nitrogens with one attached hydrogen (secondary N) is 1. The first-order valence-corrected chi connectivity index (χ1v) is 8.10. The number of anilines is 1. The standard InChI is InChI=1S/C15H19N3O3S/c1-2-3-4-8-18(14(20)12-6-5-9-21-12)11-13(19)17-15-16-7-10-22-15/h5-7,9-10H,2-4,8,11H2,1H3,(H,16,17,19). The van der Waals surface area contributed by atoms with Gasteiger partial charge in [-0.3, -0.25) is 9.59 Å². The Morgan fingerprint density at radius 1 is 1.41 bits per heavy atom. The van der Waals surface area contributed by atoms with Crippen LogP contribution in [0.1, 0.15) is 36.7 Å². The summed E-state index contributed by atoms with van der Waals surface area (Å²) >= 11 is 1.34. The van der Waals surface area contributed by atoms with Crippen LogP contribution in [0.3, 0.4) is 0 Å². The molecule has 0 radical (unpaired) electrons. The highest BCUT2D eigenvalue weighted by atomic mass is 32.1. The van der Waals surface area contributed by atoms with E-state index >= 15 is 0 Å². The zero-order chi connectivity index (χ0) is 15.8. The zero-order valence-electron chi connectivity index (χ0n) is 12.4. The van der Waals surface area contributed by atoms with E-state index in [9.17, 15) is 9.59 Å². The molecule has 0 aromatic carbocycles. The van der Waals surface area contributed by atoms with Crippen LogP contribution in [0.5, 0.6) is 0 Å². The fourth-order valence-electron chi connectivity index (χ4n) is 1.98. The summed E-state index contributed by atoms with van der Waals surface area (Å²) in [5.74, 6) is -0.278. The Kier molecular flexibility index (Phi) is 6.14. The fourth-order valence-corrected chi connectivity index (χ4v) is 2.52. The second kappa shape index (κ2) is 8.33. The lowest BCUT2D eigenvalue weighted by Crippen LogP contribution is -2.38. The number of hydrogen-bond acceptors (Lipinski definition) is 5. The summed E-state index contributed by atoms with van der Waals surface area (Å²) in [6.45, 7) is 2.61. The number of aromatic nitrogens is 1. The average molecular weight is 321 g/mol. The van der Waals surface area contributed by atoms with Gasteiger partial charge in [0.1, 0.15) is 6.54 Å². The second-order valence-electron chi connectivity index (χ2n) is 4.80. The van der Waals surface area contributed by atoms with Gasteiger partial charge in [0.25, 0.3) is 5.91 Å². The monoisotopic (exact) mass is 321 g/mol. The Bertz CT molecular complexity index is 581. The molecule has 0 fully saturated rings. The predicted molar refractivity (Wildman–Crippen MR) is 84.9 cm³/mol. The maximum absolute atomic E-state index is 12.4. The number of rotatable bonds is 8. The minimum Gasteiger partial charge on any atom is -0.459 e. The average Bonchev–Trinajstić information content (AvgIpc) is 3.18. The summed E-state index contributed by atoms with van der Waals surface area (Å²) in [5.41, 5.74) is 0. The lowest BCUT2D eigenvalue weighted by Gasteiger charge is -2.20. The predicted octanol–water partition coefficient (Wildman–Crippen LogP) is 3.01. The van der Waals surface area contributed by atoms with E-state index in [1.165, 1.54) is 22.5 Å². The first-order valence-electron chi connectivity index (χ1n) is 7.23. The quantitative estimate of drug-likeness (QED) is 0.758. The molecule has 6 nitrogen and oxygen atoms in total. The van der Waals surface area contributed by atoms with E-state index in [0.29, 0.717) is 11.7 Å². The third-order valence-electron chi connectivity index (χ3n) is 3.06. The van der Waals surface area contributed by atoms with Gasteiger partial charge in [0.05, 0.1) is 6.26 Å². The van der Waals surface area contributed by atoms with Crippen LogP contribution in [-0.4, -0.2) is 34.8 Å². The third-order valence-corrected chi connectivity index (χ3v) is 3.75. The molecule has 0 bridgehead atoms. The molecule has 0 unspecified atom stereocenters. The Morgan fingerprint density at radius 3 is 2.91 bits per heavy atom. The molecule has 0 aliphatic heterocycles. The Labute approximate surface area is 133 Å². The molecule has 2 amide bonds. The number of amides is 2. The molecule has 0 spiro atoms. The lowest BCUT2D eigenvalue weighted by atomic mass is 10.2. The van der Waals surface area contributed by atoms with E-state index in [4.69, 9.17) is 4.42 Å². The van der Waals surface area contributed by atoms with Crippen LogP contribution in [-0.2, 0) is 4.79 Å². The lowest BCUT2D eigenvalue weighted by molar-refractivity contribution is -0.116. The number of carbonyl (C=O) groups is 2. The van der Waals surface area contributed by atoms with E-state index in [-0.39, 0.29) is 24.1 Å². The minimum atomic E-state index is -0.268. The van der Waals surface area contributed by atoms with Crippen LogP contribution in [0.4, 0.5) is 5.13 Å². The van der Waals surface area contributed by atoms with Crippen molar-refractivity contribution in [3.63, 3.8) is 0 Å². The van der Waals surface area contributed by atoms with Crippen LogP contribution >= 0.6 is 11.3 Å². The van der Waals surface area contributed by atoms with Crippen molar-refractivity contribution in [2.75, 3.05) is 18.4 Å². The van der Waals surface area contributed by atoms with E-state index in [1.54, 1.807) is 23.7 Å². The van der Waals surface area contributed by atoms with Gasteiger partial charge in [-0.2, -0.15) is 0 Å². The van der Waals surface area contributed by atoms with Crippen LogP contribution in [0.25, 0.3) is 0 Å². The number of furan rings is 1. The minimum absolute atomic E-state index is 0.0111. The maximum Gasteiger partial charge on any atom is 0.290 e. The summed E-state index contributed by atoms with van der Waals surface area (Å²) < 4.78 is 5.14. The van der Waals surface area contributed by atoms with Gasteiger partial charge in [-0.1, -0.05) is 19.8 Å². The van der Waals surface area contributed by atoms with Gasteiger partial charge in [-0.15, -0.1) is 11.3 Å². The second-order valence-corrected chi connectivity index (χ2v) is 5.69. The molecule has 2 heterocycles. The largest absolute Gasteiger partial charge is 0.459 e. The molecule has 118 valence electrons. The SMILES string of the molecule is CCCCCN(CC(=O)Nc1nccs1)C(=O)c1ccco1. The van der Waals surface area contributed by atoms with E-state index in [2.05, 4.69) is 17.2 Å². The fraction of sp³-hybridized carbons (Fsp3) is 0.400. The van der Waals surface area contributed by atoms with Gasteiger partial charge in [-0.25, -0.2) is 4.98 Å². The third kappa shape index (κ3) is 4.70. The van der Waals surface area contributed by atoms with E-state index < -0.39 is 0 Å². The molecule has 0 atom stereocenters. The molecule has 0 aliphatic rings. The zero-order valence-corrected chi connectivity index (χ0v) is 13.3. The van der Waals surface area contributed by atoms with Crippen molar-refractivity contribution in [3.8, 4) is 0 Å². The first-order chi connectivity index (χ1) is 10.7. The van der Waals surface area contributed by atoms with Gasteiger partial charge < -0.3 is 14.6 Å². The molecule has 0 saturated carbocycles. The van der Waals surface area contributed by atoms with E-state index in [1.807, 2.05) is 0 Å². The highest BCUT2D eigenvalue weighted by Crippen LogP contribution is 2.11. The van der Waals surface area contributed by atoms with Gasteiger partial charge >= 0.3 is 0 Å². The van der Waals surface area contributed by atoms with Crippen molar-refractivity contribution in [3.05, 3.63) is 35.7 Å². The molecule has 7 heteroatoms. The maximum atomic E-state index is 12.4. The molecule has 2 aromatic heterocycles. The Hall–Kier alpha value is -2.15. The molecule has 22 heavy (non-hydrogen) atoms. The molecular formula is C15H19N3O3S. The summed E-state index contributed by atoms with van der Waals surface area (Å²) in [6, 6.07) is 3.26. The number of hydrogen-bond donors (Lipinski definition) is 1. The molecule has 2 aromatic rings. The highest BCUT2D eigenvalue weighted by molar-refractivity contribution is 7.13. The van der Waals surface area contributed by atoms with E-state index in [0.717, 1.165) is 19.3 Å². The Balaban J connectivity index is 1.97. The normalized spacial score (nSPS) is 10.4. The van der Waals surface area contributed by atoms with Gasteiger partial charge in [0.2, 0.25) is 5.91 Å². The van der Waals surface area contributed by atoms with Crippen molar-refractivity contribution < 1.29 is 14.0 Å². The summed E-state index contributed by atoms with van der Waals surface area (Å²) in [6.07, 6.45) is 5.98. The molecular weight excluding hydrogens is 302 g/mol.